The van der Waals surface area contributed by atoms with Gasteiger partial charge in [-0.1, -0.05) is 79.0 Å². The lowest BCUT2D eigenvalue weighted by Crippen LogP contribution is -2.42. The van der Waals surface area contributed by atoms with E-state index in [1.807, 2.05) is 52.7 Å². The van der Waals surface area contributed by atoms with Gasteiger partial charge in [-0.25, -0.2) is 9.50 Å². The lowest BCUT2D eigenvalue weighted by atomic mass is 9.69. The molecule has 3 aliphatic rings. The van der Waals surface area contributed by atoms with Gasteiger partial charge in [0.1, 0.15) is 5.75 Å². The number of likely N-dealkylation sites (tertiary alicyclic amines) is 1. The lowest BCUT2D eigenvalue weighted by molar-refractivity contribution is -0.109. The second-order valence-electron chi connectivity index (χ2n) is 15.4. The van der Waals surface area contributed by atoms with Crippen LogP contribution in [0.15, 0.2) is 114 Å². The van der Waals surface area contributed by atoms with Crippen molar-refractivity contribution in [1.29, 1.82) is 0 Å². The predicted molar refractivity (Wildman–Crippen MR) is 225 cm³/mol. The van der Waals surface area contributed by atoms with Crippen molar-refractivity contribution in [3.05, 3.63) is 132 Å². The van der Waals surface area contributed by atoms with Gasteiger partial charge in [-0.05, 0) is 129 Å². The summed E-state index contributed by atoms with van der Waals surface area (Å²) < 4.78 is 1.98. The zero-order valence-corrected chi connectivity index (χ0v) is 32.6. The molecule has 2 aromatic heterocycles. The SMILES string of the molecule is C=C/C=C\C(=C/C)C1CCc2cc(O)ccc2C1c1ccc(N2CCC(CN3CCC(Sc4nc5ccccc5c5cc(CNC=O)nn45)CC3)CC2)cc1. The Hall–Kier alpha value is -4.86. The summed E-state index contributed by atoms with van der Waals surface area (Å²) in [4.78, 5) is 21.2. The fourth-order valence-electron chi connectivity index (χ4n) is 9.20. The Morgan fingerprint density at radius 1 is 0.982 bits per heavy atom. The number of hydrogen-bond donors (Lipinski definition) is 2. The molecule has 0 spiro atoms. The van der Waals surface area contributed by atoms with Gasteiger partial charge >= 0.3 is 0 Å². The molecule has 55 heavy (non-hydrogen) atoms. The van der Waals surface area contributed by atoms with E-state index in [1.54, 1.807) is 0 Å². The molecule has 2 unspecified atom stereocenters. The summed E-state index contributed by atoms with van der Waals surface area (Å²) in [5.41, 5.74) is 9.44. The van der Waals surface area contributed by atoms with Crippen molar-refractivity contribution in [3.63, 3.8) is 0 Å². The van der Waals surface area contributed by atoms with Gasteiger partial charge in [0.2, 0.25) is 6.41 Å². The molecule has 284 valence electrons. The van der Waals surface area contributed by atoms with Gasteiger partial charge in [0.05, 0.1) is 23.3 Å². The third-order valence-corrected chi connectivity index (χ3v) is 13.3. The Kier molecular flexibility index (Phi) is 11.4. The highest BCUT2D eigenvalue weighted by Gasteiger charge is 2.33. The molecule has 8 nitrogen and oxygen atoms in total. The van der Waals surface area contributed by atoms with Gasteiger partial charge in [-0.2, -0.15) is 5.10 Å². The van der Waals surface area contributed by atoms with Crippen LogP contribution in [-0.2, 0) is 17.8 Å². The Balaban J connectivity index is 0.866. The highest BCUT2D eigenvalue weighted by Crippen LogP contribution is 2.46. The summed E-state index contributed by atoms with van der Waals surface area (Å²) in [6, 6.07) is 25.6. The number of carbonyl (C=O) groups is 1. The quantitative estimate of drug-likeness (QED) is 0.0750. The number of aromatic hydroxyl groups is 1. The smallest absolute Gasteiger partial charge is 0.207 e. The normalized spacial score (nSPS) is 20.3. The molecular formula is C46H52N6O2S. The van der Waals surface area contributed by atoms with Crippen molar-refractivity contribution in [3.8, 4) is 5.75 Å². The van der Waals surface area contributed by atoms with Crippen LogP contribution in [0.3, 0.4) is 0 Å². The predicted octanol–water partition coefficient (Wildman–Crippen LogP) is 8.69. The van der Waals surface area contributed by atoms with Gasteiger partial charge in [0.15, 0.2) is 5.16 Å². The van der Waals surface area contributed by atoms with Crippen LogP contribution in [0.25, 0.3) is 16.4 Å². The lowest BCUT2D eigenvalue weighted by Gasteiger charge is -2.38. The number of aromatic nitrogens is 3. The molecule has 8 rings (SSSR count). The summed E-state index contributed by atoms with van der Waals surface area (Å²) in [5, 5.41) is 20.3. The van der Waals surface area contributed by atoms with E-state index in [0.717, 1.165) is 91.5 Å². The van der Waals surface area contributed by atoms with E-state index in [0.29, 0.717) is 23.5 Å². The number of phenols is 1. The molecule has 2 aliphatic heterocycles. The zero-order chi connectivity index (χ0) is 37.7. The van der Waals surface area contributed by atoms with Gasteiger partial charge in [0, 0.05) is 41.9 Å². The molecule has 3 aromatic carbocycles. The number of aryl methyl sites for hydroxylation is 1. The Bertz CT molecular complexity index is 2190. The van der Waals surface area contributed by atoms with Crippen LogP contribution in [0.1, 0.15) is 67.3 Å². The highest BCUT2D eigenvalue weighted by atomic mass is 32.2. The minimum absolute atomic E-state index is 0.243. The number of nitrogens with zero attached hydrogens (tertiary/aromatic N) is 5. The van der Waals surface area contributed by atoms with Crippen molar-refractivity contribution in [2.24, 2.45) is 11.8 Å². The maximum Gasteiger partial charge on any atom is 0.207 e. The van der Waals surface area contributed by atoms with E-state index < -0.39 is 0 Å². The largest absolute Gasteiger partial charge is 0.508 e. The fourth-order valence-corrected chi connectivity index (χ4v) is 10.3. The Morgan fingerprint density at radius 2 is 1.78 bits per heavy atom. The molecule has 0 radical (unpaired) electrons. The second kappa shape index (κ2) is 16.9. The number of nitrogens with one attached hydrogen (secondary N) is 1. The molecule has 1 aliphatic carbocycles. The van der Waals surface area contributed by atoms with E-state index in [9.17, 15) is 9.90 Å². The van der Waals surface area contributed by atoms with Crippen molar-refractivity contribution in [1.82, 2.24) is 24.8 Å². The molecule has 0 saturated carbocycles. The molecule has 0 bridgehead atoms. The van der Waals surface area contributed by atoms with Crippen molar-refractivity contribution < 1.29 is 9.90 Å². The average molecular weight is 753 g/mol. The van der Waals surface area contributed by atoms with Crippen LogP contribution in [0.4, 0.5) is 5.69 Å². The third kappa shape index (κ3) is 8.10. The first-order valence-electron chi connectivity index (χ1n) is 20.0. The molecule has 4 heterocycles. The number of rotatable bonds is 12. The molecule has 2 N–H and O–H groups in total. The van der Waals surface area contributed by atoms with E-state index in [1.165, 1.54) is 47.3 Å². The molecular weight excluding hydrogens is 701 g/mol. The van der Waals surface area contributed by atoms with E-state index in [-0.39, 0.29) is 5.92 Å². The first-order valence-corrected chi connectivity index (χ1v) is 20.8. The van der Waals surface area contributed by atoms with Crippen molar-refractivity contribution in [2.75, 3.05) is 37.6 Å². The summed E-state index contributed by atoms with van der Waals surface area (Å²) in [7, 11) is 0. The van der Waals surface area contributed by atoms with Crippen LogP contribution in [0.5, 0.6) is 5.75 Å². The van der Waals surface area contributed by atoms with Crippen LogP contribution in [0, 0.1) is 11.8 Å². The van der Waals surface area contributed by atoms with Crippen LogP contribution in [0.2, 0.25) is 0 Å². The number of hydrogen-bond acceptors (Lipinski definition) is 7. The molecule has 1 amide bonds. The molecule has 5 aromatic rings. The van der Waals surface area contributed by atoms with Gasteiger partial charge < -0.3 is 20.2 Å². The number of allylic oxidation sites excluding steroid dienone is 5. The number of phenolic OH excluding ortho intramolecular Hbond substituents is 1. The Labute approximate surface area is 329 Å². The summed E-state index contributed by atoms with van der Waals surface area (Å²) in [5.74, 6) is 1.69. The van der Waals surface area contributed by atoms with Gasteiger partial charge in [-0.3, -0.25) is 4.79 Å². The second-order valence-corrected chi connectivity index (χ2v) is 16.6. The first kappa shape index (κ1) is 37.1. The maximum absolute atomic E-state index is 10.9. The minimum Gasteiger partial charge on any atom is -0.508 e. The molecule has 9 heteroatoms. The van der Waals surface area contributed by atoms with E-state index in [2.05, 4.69) is 89.3 Å². The zero-order valence-electron chi connectivity index (χ0n) is 31.8. The number of amides is 1. The van der Waals surface area contributed by atoms with Crippen LogP contribution in [-0.4, -0.2) is 69.0 Å². The standard InChI is InChI=1S/C46H52N6O2S/c1-3-5-8-33(4-2)40-17-13-35-27-38(54)16-18-41(35)45(40)34-11-14-37(15-12-34)51-25-19-32(20-26-51)30-50-23-21-39(22-24-50)55-46-48-43-10-7-6-9-42(43)44-28-36(29-47-31-53)49-52(44)46/h3-12,14-16,18,27-28,31-32,39-40,45,54H,1,13,17,19-26,29-30H2,2H3,(H,47,53)/b8-5-,33-4+. The maximum atomic E-state index is 10.9. The molecule has 2 atom stereocenters. The van der Waals surface area contributed by atoms with Gasteiger partial charge in [0.25, 0.3) is 0 Å². The van der Waals surface area contributed by atoms with Crippen LogP contribution < -0.4 is 10.2 Å². The van der Waals surface area contributed by atoms with Crippen molar-refractivity contribution >= 4 is 40.3 Å². The number of anilines is 1. The van der Waals surface area contributed by atoms with Gasteiger partial charge in [-0.15, -0.1) is 0 Å². The monoisotopic (exact) mass is 752 g/mol. The van der Waals surface area contributed by atoms with E-state index in [4.69, 9.17) is 10.1 Å². The average Bonchev–Trinajstić information content (AvgIpc) is 3.66. The molecule has 2 fully saturated rings. The minimum atomic E-state index is 0.243. The molecule has 2 saturated heterocycles. The van der Waals surface area contributed by atoms with Crippen LogP contribution >= 0.6 is 11.8 Å². The summed E-state index contributed by atoms with van der Waals surface area (Å²) >= 11 is 1.85. The number of fused-ring (bicyclic) bond motifs is 4. The topological polar surface area (TPSA) is 86.0 Å². The summed E-state index contributed by atoms with van der Waals surface area (Å²) in [6.45, 7) is 12.0. The highest BCUT2D eigenvalue weighted by molar-refractivity contribution is 7.99. The number of carbonyl (C=O) groups excluding carboxylic acids is 1. The van der Waals surface area contributed by atoms with E-state index >= 15 is 0 Å². The third-order valence-electron chi connectivity index (χ3n) is 12.0. The summed E-state index contributed by atoms with van der Waals surface area (Å²) in [6.07, 6.45) is 15.8. The number of para-hydroxylation sites is 1. The van der Waals surface area contributed by atoms with Crippen molar-refractivity contribution in [2.45, 2.75) is 68.3 Å². The fraction of sp³-hybridized carbons (Fsp3) is 0.370. The first-order chi connectivity index (χ1) is 27.0. The number of thioether (sulfide) groups is 1. The number of piperidine rings is 2. The number of benzene rings is 3. The Morgan fingerprint density at radius 3 is 2.55 bits per heavy atom.